The number of piperazine rings is 1. The summed E-state index contributed by atoms with van der Waals surface area (Å²) in [5, 5.41) is 3.08. The Hall–Kier alpha value is -2.80. The van der Waals surface area contributed by atoms with E-state index in [4.69, 9.17) is 4.74 Å². The Morgan fingerprint density at radius 3 is 2.29 bits per heavy atom. The lowest BCUT2D eigenvalue weighted by atomic mass is 10.1. The molecule has 1 aliphatic carbocycles. The van der Waals surface area contributed by atoms with Crippen LogP contribution < -0.4 is 10.1 Å². The number of nitrogens with zero attached hydrogens (tertiary/aromatic N) is 3. The molecule has 0 spiro atoms. The summed E-state index contributed by atoms with van der Waals surface area (Å²) in [7, 11) is 1.65. The van der Waals surface area contributed by atoms with E-state index < -0.39 is 0 Å². The minimum Gasteiger partial charge on any atom is -0.497 e. The fraction of sp³-hybridized carbons (Fsp3) is 0.500. The first kappa shape index (κ1) is 21.4. The SMILES string of the molecule is COc1ccc(-n2c(C)cc(C(=O)N3CCN(C(C)C(=O)NC4CC4)CC3)c2C)cc1. The molecule has 2 aromatic rings. The van der Waals surface area contributed by atoms with Crippen LogP contribution in [0.2, 0.25) is 0 Å². The van der Waals surface area contributed by atoms with Gasteiger partial charge in [0.1, 0.15) is 5.75 Å². The smallest absolute Gasteiger partial charge is 0.255 e. The summed E-state index contributed by atoms with van der Waals surface area (Å²) >= 11 is 0. The van der Waals surface area contributed by atoms with Crippen LogP contribution >= 0.6 is 0 Å². The molecule has 1 atom stereocenters. The van der Waals surface area contributed by atoms with E-state index in [1.807, 2.05) is 56.0 Å². The molecule has 1 N–H and O–H groups in total. The first-order valence-corrected chi connectivity index (χ1v) is 11.1. The third kappa shape index (κ3) is 4.46. The maximum absolute atomic E-state index is 13.3. The summed E-state index contributed by atoms with van der Waals surface area (Å²) in [6.45, 7) is 8.65. The number of carbonyl (C=O) groups is 2. The summed E-state index contributed by atoms with van der Waals surface area (Å²) in [4.78, 5) is 29.7. The minimum absolute atomic E-state index is 0.0580. The molecule has 1 saturated heterocycles. The number of amides is 2. The molecule has 2 heterocycles. The molecule has 2 amide bonds. The second-order valence-electron chi connectivity index (χ2n) is 8.61. The average molecular weight is 425 g/mol. The molecule has 31 heavy (non-hydrogen) atoms. The van der Waals surface area contributed by atoms with Gasteiger partial charge >= 0.3 is 0 Å². The van der Waals surface area contributed by atoms with Gasteiger partial charge in [0.05, 0.1) is 18.7 Å². The Morgan fingerprint density at radius 2 is 1.71 bits per heavy atom. The fourth-order valence-electron chi connectivity index (χ4n) is 4.31. The third-order valence-electron chi connectivity index (χ3n) is 6.44. The molecular weight excluding hydrogens is 392 g/mol. The number of methoxy groups -OCH3 is 1. The number of ether oxygens (including phenoxy) is 1. The molecule has 1 aromatic heterocycles. The molecule has 0 bridgehead atoms. The summed E-state index contributed by atoms with van der Waals surface area (Å²) in [5.74, 6) is 0.966. The first-order chi connectivity index (χ1) is 14.9. The maximum Gasteiger partial charge on any atom is 0.255 e. The highest BCUT2D eigenvalue weighted by Crippen LogP contribution is 2.24. The number of hydrogen-bond acceptors (Lipinski definition) is 4. The van der Waals surface area contributed by atoms with Crippen LogP contribution in [-0.2, 0) is 4.79 Å². The van der Waals surface area contributed by atoms with Gasteiger partial charge in [-0.15, -0.1) is 0 Å². The molecule has 2 aliphatic rings. The summed E-state index contributed by atoms with van der Waals surface area (Å²) in [5.41, 5.74) is 3.71. The van der Waals surface area contributed by atoms with E-state index in [0.29, 0.717) is 32.2 Å². The normalized spacial score (nSPS) is 18.0. The second kappa shape index (κ2) is 8.75. The van der Waals surface area contributed by atoms with Crippen molar-refractivity contribution in [3.63, 3.8) is 0 Å². The summed E-state index contributed by atoms with van der Waals surface area (Å²) < 4.78 is 7.36. The van der Waals surface area contributed by atoms with Crippen molar-refractivity contribution >= 4 is 11.8 Å². The minimum atomic E-state index is -0.155. The molecule has 1 aliphatic heterocycles. The van der Waals surface area contributed by atoms with Crippen molar-refractivity contribution in [3.05, 3.63) is 47.3 Å². The van der Waals surface area contributed by atoms with E-state index in [2.05, 4.69) is 14.8 Å². The molecule has 166 valence electrons. The molecule has 4 rings (SSSR count). The van der Waals surface area contributed by atoms with E-state index >= 15 is 0 Å². The van der Waals surface area contributed by atoms with Gasteiger partial charge in [0.15, 0.2) is 0 Å². The van der Waals surface area contributed by atoms with Crippen LogP contribution in [0.15, 0.2) is 30.3 Å². The topological polar surface area (TPSA) is 66.8 Å². The maximum atomic E-state index is 13.3. The average Bonchev–Trinajstić information content (AvgIpc) is 3.55. The van der Waals surface area contributed by atoms with Gasteiger partial charge in [-0.1, -0.05) is 0 Å². The predicted molar refractivity (Wildman–Crippen MR) is 120 cm³/mol. The Bertz CT molecular complexity index is 954. The zero-order chi connectivity index (χ0) is 22.1. The number of aromatic nitrogens is 1. The molecule has 1 saturated carbocycles. The van der Waals surface area contributed by atoms with E-state index in [1.54, 1.807) is 7.11 Å². The van der Waals surface area contributed by atoms with Crippen LogP contribution in [0.25, 0.3) is 5.69 Å². The molecule has 7 heteroatoms. The molecule has 1 unspecified atom stereocenters. The fourth-order valence-corrected chi connectivity index (χ4v) is 4.31. The molecule has 7 nitrogen and oxygen atoms in total. The molecule has 2 fully saturated rings. The quantitative estimate of drug-likeness (QED) is 0.774. The zero-order valence-corrected chi connectivity index (χ0v) is 18.9. The number of aryl methyl sites for hydroxylation is 1. The number of rotatable bonds is 6. The Balaban J connectivity index is 1.42. The molecule has 1 aromatic carbocycles. The third-order valence-corrected chi connectivity index (χ3v) is 6.44. The zero-order valence-electron chi connectivity index (χ0n) is 18.9. The van der Waals surface area contributed by atoms with Crippen LogP contribution in [0.1, 0.15) is 41.5 Å². The largest absolute Gasteiger partial charge is 0.497 e. The lowest BCUT2D eigenvalue weighted by Gasteiger charge is -2.37. The van der Waals surface area contributed by atoms with E-state index in [-0.39, 0.29) is 17.9 Å². The highest BCUT2D eigenvalue weighted by molar-refractivity contribution is 5.96. The number of carbonyl (C=O) groups excluding carboxylic acids is 2. The Morgan fingerprint density at radius 1 is 1.06 bits per heavy atom. The Labute approximate surface area is 184 Å². The van der Waals surface area contributed by atoms with Gasteiger partial charge < -0.3 is 19.5 Å². The molecular formula is C24H32N4O3. The lowest BCUT2D eigenvalue weighted by molar-refractivity contribution is -0.126. The van der Waals surface area contributed by atoms with Crippen molar-refractivity contribution in [2.24, 2.45) is 0 Å². The van der Waals surface area contributed by atoms with Crippen molar-refractivity contribution < 1.29 is 14.3 Å². The van der Waals surface area contributed by atoms with Gasteiger partial charge in [-0.2, -0.15) is 0 Å². The Kier molecular flexibility index (Phi) is 6.05. The highest BCUT2D eigenvalue weighted by Gasteiger charge is 2.31. The predicted octanol–water partition coefficient (Wildman–Crippen LogP) is 2.53. The van der Waals surface area contributed by atoms with E-state index in [9.17, 15) is 9.59 Å². The van der Waals surface area contributed by atoms with Crippen LogP contribution in [-0.4, -0.2) is 71.6 Å². The van der Waals surface area contributed by atoms with Gasteiger partial charge in [-0.3, -0.25) is 14.5 Å². The van der Waals surface area contributed by atoms with Gasteiger partial charge in [0.25, 0.3) is 5.91 Å². The first-order valence-electron chi connectivity index (χ1n) is 11.1. The number of nitrogens with one attached hydrogen (secondary N) is 1. The van der Waals surface area contributed by atoms with Crippen LogP contribution in [0.5, 0.6) is 5.75 Å². The number of hydrogen-bond donors (Lipinski definition) is 1. The summed E-state index contributed by atoms with van der Waals surface area (Å²) in [6, 6.07) is 10.0. The van der Waals surface area contributed by atoms with Crippen molar-refractivity contribution in [3.8, 4) is 11.4 Å². The van der Waals surface area contributed by atoms with Crippen LogP contribution in [0.3, 0.4) is 0 Å². The van der Waals surface area contributed by atoms with Crippen LogP contribution in [0.4, 0.5) is 0 Å². The van der Waals surface area contributed by atoms with Crippen LogP contribution in [0, 0.1) is 13.8 Å². The second-order valence-corrected chi connectivity index (χ2v) is 8.61. The standard InChI is InChI=1S/C24H32N4O3/c1-16-15-22(17(2)28(16)20-7-9-21(31-4)10-8-20)24(30)27-13-11-26(12-14-27)18(3)23(29)25-19-5-6-19/h7-10,15,18-19H,5-6,11-14H2,1-4H3,(H,25,29). The van der Waals surface area contributed by atoms with E-state index in [0.717, 1.165) is 41.2 Å². The van der Waals surface area contributed by atoms with Gasteiger partial charge in [0.2, 0.25) is 5.91 Å². The monoisotopic (exact) mass is 424 g/mol. The van der Waals surface area contributed by atoms with Crippen molar-refractivity contribution in [1.82, 2.24) is 19.7 Å². The van der Waals surface area contributed by atoms with E-state index in [1.165, 1.54) is 0 Å². The van der Waals surface area contributed by atoms with Crippen molar-refractivity contribution in [2.45, 2.75) is 45.7 Å². The van der Waals surface area contributed by atoms with Gasteiger partial charge in [0, 0.05) is 49.3 Å². The lowest BCUT2D eigenvalue weighted by Crippen LogP contribution is -2.55. The van der Waals surface area contributed by atoms with Crippen molar-refractivity contribution in [1.29, 1.82) is 0 Å². The van der Waals surface area contributed by atoms with Crippen molar-refractivity contribution in [2.75, 3.05) is 33.3 Å². The number of benzene rings is 1. The molecule has 0 radical (unpaired) electrons. The van der Waals surface area contributed by atoms with Gasteiger partial charge in [-0.25, -0.2) is 0 Å². The highest BCUT2D eigenvalue weighted by atomic mass is 16.5. The van der Waals surface area contributed by atoms with Gasteiger partial charge in [-0.05, 0) is 63.9 Å². The summed E-state index contributed by atoms with van der Waals surface area (Å²) in [6.07, 6.45) is 2.19.